The van der Waals surface area contributed by atoms with Crippen LogP contribution in [0.3, 0.4) is 0 Å². The van der Waals surface area contributed by atoms with Gasteiger partial charge in [-0.3, -0.25) is 0 Å². The van der Waals surface area contributed by atoms with Crippen molar-refractivity contribution >= 4 is 0 Å². The molecule has 0 fully saturated rings. The average molecular weight is 195 g/mol. The van der Waals surface area contributed by atoms with E-state index in [1.807, 2.05) is 0 Å². The van der Waals surface area contributed by atoms with Crippen LogP contribution in [0, 0.1) is 0 Å². The van der Waals surface area contributed by atoms with Gasteiger partial charge in [0.25, 0.3) is 0 Å². The van der Waals surface area contributed by atoms with Gasteiger partial charge in [0.1, 0.15) is 0 Å². The van der Waals surface area contributed by atoms with Gasteiger partial charge < -0.3 is 5.32 Å². The number of rotatable bonds is 0. The van der Waals surface area contributed by atoms with Crippen molar-refractivity contribution in [1.29, 1.82) is 0 Å². The summed E-state index contributed by atoms with van der Waals surface area (Å²) < 4.78 is 0. The first-order valence-electron chi connectivity index (χ1n) is 6.36. The quantitative estimate of drug-likeness (QED) is 0.582. The molecule has 1 rings (SSSR count). The molecule has 0 amide bonds. The third-order valence-corrected chi connectivity index (χ3v) is 2.90. The lowest BCUT2D eigenvalue weighted by Crippen LogP contribution is -2.14. The summed E-state index contributed by atoms with van der Waals surface area (Å²) in [7, 11) is 0. The van der Waals surface area contributed by atoms with E-state index in [0.717, 1.165) is 6.54 Å². The largest absolute Gasteiger partial charge is 0.313 e. The highest BCUT2D eigenvalue weighted by molar-refractivity contribution is 4.83. The molecular weight excluding hydrogens is 170 g/mol. The summed E-state index contributed by atoms with van der Waals surface area (Å²) in [6.07, 6.45) is 17.3. The fraction of sp³-hybridized carbons (Fsp3) is 0.846. The maximum absolute atomic E-state index is 3.45. The van der Waals surface area contributed by atoms with Crippen LogP contribution in [-0.4, -0.2) is 13.1 Å². The van der Waals surface area contributed by atoms with Gasteiger partial charge in [0.05, 0.1) is 0 Å². The molecule has 0 saturated carbocycles. The average Bonchev–Trinajstić information content (AvgIpc) is 2.22. The van der Waals surface area contributed by atoms with E-state index in [1.165, 1.54) is 64.3 Å². The summed E-state index contributed by atoms with van der Waals surface area (Å²) in [4.78, 5) is 0. The first kappa shape index (κ1) is 11.8. The van der Waals surface area contributed by atoms with E-state index >= 15 is 0 Å². The zero-order valence-electron chi connectivity index (χ0n) is 9.43. The molecule has 0 aliphatic carbocycles. The van der Waals surface area contributed by atoms with Crippen LogP contribution in [0.5, 0.6) is 0 Å². The van der Waals surface area contributed by atoms with Crippen LogP contribution in [0.25, 0.3) is 0 Å². The molecule has 1 heteroatoms. The Kier molecular flexibility index (Phi) is 7.79. The fourth-order valence-electron chi connectivity index (χ4n) is 1.96. The number of hydrogen-bond donors (Lipinski definition) is 1. The summed E-state index contributed by atoms with van der Waals surface area (Å²) in [5.74, 6) is 0. The predicted molar refractivity (Wildman–Crippen MR) is 63.6 cm³/mol. The van der Waals surface area contributed by atoms with Crippen LogP contribution in [0.2, 0.25) is 0 Å². The topological polar surface area (TPSA) is 12.0 Å². The van der Waals surface area contributed by atoms with Crippen molar-refractivity contribution in [3.63, 3.8) is 0 Å². The Balaban J connectivity index is 2.09. The number of hydrogen-bond acceptors (Lipinski definition) is 1. The molecule has 0 unspecified atom stereocenters. The van der Waals surface area contributed by atoms with Crippen LogP contribution >= 0.6 is 0 Å². The molecule has 82 valence electrons. The molecule has 14 heavy (non-hydrogen) atoms. The van der Waals surface area contributed by atoms with Gasteiger partial charge in [0, 0.05) is 6.54 Å². The Morgan fingerprint density at radius 1 is 0.643 bits per heavy atom. The maximum atomic E-state index is 3.45. The summed E-state index contributed by atoms with van der Waals surface area (Å²) in [5.41, 5.74) is 0. The molecule has 1 heterocycles. The minimum absolute atomic E-state index is 1.07. The lowest BCUT2D eigenvalue weighted by molar-refractivity contribution is 0.555. The molecule has 0 aromatic rings. The van der Waals surface area contributed by atoms with E-state index in [9.17, 15) is 0 Å². The van der Waals surface area contributed by atoms with Crippen LogP contribution in [0.1, 0.15) is 57.8 Å². The molecule has 0 saturated heterocycles. The van der Waals surface area contributed by atoms with Crippen molar-refractivity contribution < 1.29 is 0 Å². The van der Waals surface area contributed by atoms with Crippen LogP contribution in [0.15, 0.2) is 12.2 Å². The van der Waals surface area contributed by atoms with Crippen LogP contribution in [0.4, 0.5) is 0 Å². The van der Waals surface area contributed by atoms with Crippen molar-refractivity contribution in [2.45, 2.75) is 57.8 Å². The molecule has 0 bridgehead atoms. The second-order valence-corrected chi connectivity index (χ2v) is 4.29. The first-order chi connectivity index (χ1) is 7.00. The SMILES string of the molecule is C1=CCNCCCCCCCCCC1. The molecular formula is C13H25N. The van der Waals surface area contributed by atoms with Gasteiger partial charge in [0.15, 0.2) is 0 Å². The maximum Gasteiger partial charge on any atom is 0.0134 e. The van der Waals surface area contributed by atoms with E-state index in [-0.39, 0.29) is 0 Å². The molecule has 0 aromatic heterocycles. The van der Waals surface area contributed by atoms with E-state index in [1.54, 1.807) is 0 Å². The molecule has 0 atom stereocenters. The Morgan fingerprint density at radius 3 is 2.07 bits per heavy atom. The number of allylic oxidation sites excluding steroid dienone is 1. The number of nitrogens with one attached hydrogen (secondary N) is 1. The van der Waals surface area contributed by atoms with Gasteiger partial charge in [-0.15, -0.1) is 0 Å². The minimum atomic E-state index is 1.07. The summed E-state index contributed by atoms with van der Waals surface area (Å²) in [5, 5.41) is 3.45. The Labute approximate surface area is 89.0 Å². The normalized spacial score (nSPS) is 22.9. The van der Waals surface area contributed by atoms with Gasteiger partial charge in [-0.2, -0.15) is 0 Å². The van der Waals surface area contributed by atoms with E-state index in [4.69, 9.17) is 0 Å². The molecule has 1 aliphatic rings. The standard InChI is InChI=1S/C13H25N/c1-2-4-6-8-10-12-14-13-11-9-7-5-3-1/h8,10,14H,1-7,9,11-13H2. The van der Waals surface area contributed by atoms with Crippen molar-refractivity contribution in [2.75, 3.05) is 13.1 Å². The van der Waals surface area contributed by atoms with E-state index in [0.29, 0.717) is 0 Å². The third kappa shape index (κ3) is 7.14. The predicted octanol–water partition coefficient (Wildman–Crippen LogP) is 3.66. The minimum Gasteiger partial charge on any atom is -0.313 e. The first-order valence-corrected chi connectivity index (χ1v) is 6.36. The van der Waals surface area contributed by atoms with Gasteiger partial charge in [-0.1, -0.05) is 50.7 Å². The molecule has 1 nitrogen and oxygen atoms in total. The molecule has 0 radical (unpaired) electrons. The lowest BCUT2D eigenvalue weighted by Gasteiger charge is -2.04. The van der Waals surface area contributed by atoms with Gasteiger partial charge in [0.2, 0.25) is 0 Å². The van der Waals surface area contributed by atoms with E-state index < -0.39 is 0 Å². The van der Waals surface area contributed by atoms with Crippen LogP contribution in [-0.2, 0) is 0 Å². The zero-order chi connectivity index (χ0) is 9.90. The Bertz CT molecular complexity index is 124. The molecule has 1 aliphatic heterocycles. The molecule has 1 N–H and O–H groups in total. The monoisotopic (exact) mass is 195 g/mol. The van der Waals surface area contributed by atoms with Gasteiger partial charge in [-0.05, 0) is 25.8 Å². The summed E-state index contributed by atoms with van der Waals surface area (Å²) in [6, 6.07) is 0. The molecule has 0 spiro atoms. The third-order valence-electron chi connectivity index (χ3n) is 2.90. The van der Waals surface area contributed by atoms with E-state index in [2.05, 4.69) is 17.5 Å². The highest BCUT2D eigenvalue weighted by atomic mass is 14.8. The highest BCUT2D eigenvalue weighted by Gasteiger charge is 1.93. The lowest BCUT2D eigenvalue weighted by atomic mass is 10.1. The highest BCUT2D eigenvalue weighted by Crippen LogP contribution is 2.09. The van der Waals surface area contributed by atoms with Crippen molar-refractivity contribution in [1.82, 2.24) is 5.32 Å². The molecule has 0 aromatic carbocycles. The van der Waals surface area contributed by atoms with Crippen molar-refractivity contribution in [3.05, 3.63) is 12.2 Å². The Morgan fingerprint density at radius 2 is 1.29 bits per heavy atom. The van der Waals surface area contributed by atoms with Gasteiger partial charge in [-0.25, -0.2) is 0 Å². The van der Waals surface area contributed by atoms with Crippen LogP contribution < -0.4 is 5.32 Å². The fourth-order valence-corrected chi connectivity index (χ4v) is 1.96. The smallest absolute Gasteiger partial charge is 0.0134 e. The zero-order valence-corrected chi connectivity index (χ0v) is 9.43. The second kappa shape index (κ2) is 9.26. The Hall–Kier alpha value is -0.300. The summed E-state index contributed by atoms with van der Waals surface area (Å²) in [6.45, 7) is 2.27. The van der Waals surface area contributed by atoms with Crippen molar-refractivity contribution in [2.24, 2.45) is 0 Å². The van der Waals surface area contributed by atoms with Gasteiger partial charge >= 0.3 is 0 Å². The summed E-state index contributed by atoms with van der Waals surface area (Å²) >= 11 is 0. The second-order valence-electron chi connectivity index (χ2n) is 4.29. The van der Waals surface area contributed by atoms with Crippen molar-refractivity contribution in [3.8, 4) is 0 Å².